The van der Waals surface area contributed by atoms with Gasteiger partial charge in [-0.2, -0.15) is 0 Å². The topological polar surface area (TPSA) is 111 Å². The summed E-state index contributed by atoms with van der Waals surface area (Å²) < 4.78 is 49.4. The molecule has 2 saturated heterocycles. The van der Waals surface area contributed by atoms with Crippen molar-refractivity contribution in [2.45, 2.75) is 63.0 Å². The summed E-state index contributed by atoms with van der Waals surface area (Å²) in [5.74, 6) is -3.70. The molecule has 2 unspecified atom stereocenters. The second kappa shape index (κ2) is 10.5. The van der Waals surface area contributed by atoms with Gasteiger partial charge in [-0.15, -0.1) is 4.72 Å². The van der Waals surface area contributed by atoms with Crippen LogP contribution in [0.5, 0.6) is 0 Å². The molecule has 0 aromatic heterocycles. The minimum Gasteiger partial charge on any atom is -0.598 e. The molecule has 4 amide bonds. The zero-order valence-corrected chi connectivity index (χ0v) is 19.6. The van der Waals surface area contributed by atoms with Gasteiger partial charge in [-0.05, 0) is 51.3 Å². The number of rotatable bonds is 7. The smallest absolute Gasteiger partial charge is 0.331 e. The predicted molar refractivity (Wildman–Crippen MR) is 117 cm³/mol. The summed E-state index contributed by atoms with van der Waals surface area (Å²) in [7, 11) is 0. The number of carbonyl (C=O) groups excluding carboxylic acids is 3. The first-order chi connectivity index (χ1) is 15.5. The first-order valence-electron chi connectivity index (χ1n) is 10.8. The molecule has 2 aliphatic heterocycles. The molecule has 8 nitrogen and oxygen atoms in total. The van der Waals surface area contributed by atoms with E-state index in [1.807, 2.05) is 0 Å². The summed E-state index contributed by atoms with van der Waals surface area (Å²) in [6, 6.07) is 2.69. The Morgan fingerprint density at radius 2 is 1.94 bits per heavy atom. The number of hydrogen-bond acceptors (Lipinski definition) is 6. The van der Waals surface area contributed by atoms with Crippen molar-refractivity contribution in [3.63, 3.8) is 0 Å². The lowest BCUT2D eigenvalue weighted by Gasteiger charge is -2.38. The van der Waals surface area contributed by atoms with E-state index in [0.717, 1.165) is 11.0 Å². The van der Waals surface area contributed by atoms with Gasteiger partial charge in [0.2, 0.25) is 11.8 Å². The lowest BCUT2D eigenvalue weighted by molar-refractivity contribution is -0.146. The van der Waals surface area contributed by atoms with Crippen LogP contribution >= 0.6 is 0 Å². The van der Waals surface area contributed by atoms with Crippen molar-refractivity contribution in [1.29, 1.82) is 0 Å². The van der Waals surface area contributed by atoms with Crippen molar-refractivity contribution >= 4 is 29.2 Å². The molecule has 2 N–H and O–H groups in total. The molecule has 2 fully saturated rings. The summed E-state index contributed by atoms with van der Waals surface area (Å²) >= 11 is -1.71. The van der Waals surface area contributed by atoms with E-state index < -0.39 is 70.4 Å². The third kappa shape index (κ3) is 6.08. The Balaban J connectivity index is 1.83. The fraction of sp³-hybridized carbons (Fsp3) is 0.591. The van der Waals surface area contributed by atoms with Gasteiger partial charge >= 0.3 is 6.03 Å². The summed E-state index contributed by atoms with van der Waals surface area (Å²) in [6.07, 6.45) is -1.58. The quantitative estimate of drug-likeness (QED) is 0.454. The van der Waals surface area contributed by atoms with Gasteiger partial charge in [-0.1, -0.05) is 12.1 Å². The van der Waals surface area contributed by atoms with Crippen LogP contribution in [-0.4, -0.2) is 57.5 Å². The number of urea groups is 1. The van der Waals surface area contributed by atoms with E-state index in [1.165, 1.54) is 18.2 Å². The minimum absolute atomic E-state index is 0.195. The minimum atomic E-state index is -1.87. The number of barbiturate groups is 1. The summed E-state index contributed by atoms with van der Waals surface area (Å²) in [6.45, 7) is 5.83. The number of alkyl halides is 1. The molecule has 0 aliphatic carbocycles. The molecule has 1 aromatic rings. The van der Waals surface area contributed by atoms with E-state index in [4.69, 9.17) is 4.74 Å². The molecule has 0 spiro atoms. The molecule has 182 valence electrons. The lowest BCUT2D eigenvalue weighted by Crippen LogP contribution is -2.62. The number of carbonyl (C=O) groups is 3. The van der Waals surface area contributed by atoms with Crippen LogP contribution in [0, 0.1) is 11.7 Å². The Labute approximate surface area is 194 Å². The first-order valence-corrected chi connectivity index (χ1v) is 12.0. The van der Waals surface area contributed by atoms with Crippen LogP contribution in [-0.2, 0) is 25.7 Å². The SMILES string of the molecule is CC(C)(C)[S@+]([O-])NC(c1cccc(F)c1)[C@H](F)CC1C(=O)NC(=O)N(C2CCOCC2)C1=O. The number of benzene rings is 1. The molecule has 0 saturated carbocycles. The molecular weight excluding hydrogens is 456 g/mol. The number of nitrogens with zero attached hydrogens (tertiary/aromatic N) is 1. The van der Waals surface area contributed by atoms with Crippen LogP contribution in [0.4, 0.5) is 13.6 Å². The van der Waals surface area contributed by atoms with Gasteiger partial charge in [0.15, 0.2) is 0 Å². The van der Waals surface area contributed by atoms with E-state index in [2.05, 4.69) is 10.0 Å². The molecule has 1 aromatic carbocycles. The number of amides is 4. The molecule has 3 rings (SSSR count). The van der Waals surface area contributed by atoms with Crippen molar-refractivity contribution in [3.05, 3.63) is 35.6 Å². The zero-order chi connectivity index (χ0) is 24.3. The number of halogens is 2. The van der Waals surface area contributed by atoms with Gasteiger partial charge in [0.05, 0.1) is 0 Å². The number of imide groups is 2. The summed E-state index contributed by atoms with van der Waals surface area (Å²) in [5, 5.41) is 2.14. The van der Waals surface area contributed by atoms with E-state index in [9.17, 15) is 23.3 Å². The highest BCUT2D eigenvalue weighted by atomic mass is 32.2. The molecule has 0 radical (unpaired) electrons. The van der Waals surface area contributed by atoms with E-state index >= 15 is 4.39 Å². The Hall–Kier alpha value is -2.08. The predicted octanol–water partition coefficient (Wildman–Crippen LogP) is 2.52. The van der Waals surface area contributed by atoms with Crippen LogP contribution in [0.2, 0.25) is 0 Å². The highest BCUT2D eigenvalue weighted by molar-refractivity contribution is 7.90. The zero-order valence-electron chi connectivity index (χ0n) is 18.8. The molecule has 33 heavy (non-hydrogen) atoms. The molecule has 4 atom stereocenters. The number of nitrogens with one attached hydrogen (secondary N) is 2. The molecular formula is C22H29F2N3O5S. The third-order valence-electron chi connectivity index (χ3n) is 5.68. The Bertz CT molecular complexity index is 891. The molecule has 2 aliphatic rings. The van der Waals surface area contributed by atoms with E-state index in [-0.39, 0.29) is 5.56 Å². The van der Waals surface area contributed by atoms with Gasteiger partial charge in [-0.3, -0.25) is 19.8 Å². The highest BCUT2D eigenvalue weighted by Gasteiger charge is 2.46. The standard InChI is InChI=1S/C22H29F2N3O5S/c1-22(2,3)33(31)26-18(13-5-4-6-14(23)11-13)17(24)12-16-19(28)25-21(30)27(20(16)29)15-7-9-32-10-8-15/h4-6,11,15-18,26H,7-10,12H2,1-3H3,(H,25,28,30)/t16?,17-,18?,33+/m1/s1. The normalized spacial score (nSPS) is 23.3. The maximum absolute atomic E-state index is 15.7. The molecule has 2 heterocycles. The van der Waals surface area contributed by atoms with Crippen molar-refractivity contribution in [2.75, 3.05) is 13.2 Å². The Morgan fingerprint density at radius 3 is 2.55 bits per heavy atom. The lowest BCUT2D eigenvalue weighted by atomic mass is 9.91. The number of ether oxygens (including phenoxy) is 1. The van der Waals surface area contributed by atoms with Crippen molar-refractivity contribution in [2.24, 2.45) is 5.92 Å². The second-order valence-electron chi connectivity index (χ2n) is 9.18. The van der Waals surface area contributed by atoms with Gasteiger partial charge in [-0.25, -0.2) is 13.6 Å². The maximum Gasteiger partial charge on any atom is 0.331 e. The van der Waals surface area contributed by atoms with Crippen LogP contribution in [0.1, 0.15) is 51.6 Å². The third-order valence-corrected chi connectivity index (χ3v) is 7.26. The largest absolute Gasteiger partial charge is 0.598 e. The van der Waals surface area contributed by atoms with Crippen LogP contribution in [0.25, 0.3) is 0 Å². The van der Waals surface area contributed by atoms with Gasteiger partial charge in [0.1, 0.15) is 28.7 Å². The fourth-order valence-electron chi connectivity index (χ4n) is 3.83. The van der Waals surface area contributed by atoms with Crippen LogP contribution in [0.3, 0.4) is 0 Å². The van der Waals surface area contributed by atoms with Crippen LogP contribution < -0.4 is 10.0 Å². The van der Waals surface area contributed by atoms with Crippen molar-refractivity contribution in [3.8, 4) is 0 Å². The fourth-order valence-corrected chi connectivity index (χ4v) is 4.70. The average molecular weight is 486 g/mol. The molecule has 0 bridgehead atoms. The van der Waals surface area contributed by atoms with Crippen molar-refractivity contribution in [1.82, 2.24) is 14.9 Å². The van der Waals surface area contributed by atoms with Gasteiger partial charge < -0.3 is 9.29 Å². The average Bonchev–Trinajstić information content (AvgIpc) is 2.74. The Morgan fingerprint density at radius 1 is 1.27 bits per heavy atom. The van der Waals surface area contributed by atoms with Gasteiger partial charge in [0.25, 0.3) is 0 Å². The van der Waals surface area contributed by atoms with Crippen molar-refractivity contribution < 1.29 is 32.5 Å². The van der Waals surface area contributed by atoms with E-state index in [0.29, 0.717) is 26.1 Å². The summed E-state index contributed by atoms with van der Waals surface area (Å²) in [4.78, 5) is 38.9. The number of hydrogen-bond donors (Lipinski definition) is 2. The maximum atomic E-state index is 15.7. The monoisotopic (exact) mass is 485 g/mol. The second-order valence-corrected chi connectivity index (χ2v) is 11.2. The Kier molecular flexibility index (Phi) is 8.09. The van der Waals surface area contributed by atoms with Crippen LogP contribution in [0.15, 0.2) is 24.3 Å². The van der Waals surface area contributed by atoms with E-state index in [1.54, 1.807) is 20.8 Å². The summed E-state index contributed by atoms with van der Waals surface area (Å²) in [5.41, 5.74) is 0.195. The first kappa shape index (κ1) is 25.5. The van der Waals surface area contributed by atoms with Gasteiger partial charge in [0, 0.05) is 37.0 Å². The molecule has 11 heteroatoms. The highest BCUT2D eigenvalue weighted by Crippen LogP contribution is 2.31.